The van der Waals surface area contributed by atoms with E-state index in [9.17, 15) is 4.79 Å². The molecule has 0 bridgehead atoms. The fourth-order valence-corrected chi connectivity index (χ4v) is 4.13. The Hall–Kier alpha value is -2.54. The van der Waals surface area contributed by atoms with E-state index in [2.05, 4.69) is 15.2 Å². The van der Waals surface area contributed by atoms with E-state index >= 15 is 0 Å². The summed E-state index contributed by atoms with van der Waals surface area (Å²) in [4.78, 5) is 18.9. The summed E-state index contributed by atoms with van der Waals surface area (Å²) in [6.07, 6.45) is 4.54. The van der Waals surface area contributed by atoms with Gasteiger partial charge in [0.25, 0.3) is 0 Å². The summed E-state index contributed by atoms with van der Waals surface area (Å²) in [7, 11) is 3.05. The van der Waals surface area contributed by atoms with Crippen molar-refractivity contribution < 1.29 is 19.0 Å². The standard InChI is InChI=1S/C21H27N3O4/c1-26-15-3-4-17-16(11-15)20-18(12-23-17)28-19(21(25)27-2)13-24(20)10-7-14-5-8-22-9-6-14/h3-4,11-12,14,19,22H,5-10,13H2,1-2H3. The van der Waals surface area contributed by atoms with Gasteiger partial charge in [-0.2, -0.15) is 0 Å². The average molecular weight is 385 g/mol. The Morgan fingerprint density at radius 1 is 1.32 bits per heavy atom. The van der Waals surface area contributed by atoms with Crippen molar-refractivity contribution in [2.24, 2.45) is 5.92 Å². The number of methoxy groups -OCH3 is 2. The smallest absolute Gasteiger partial charge is 0.348 e. The quantitative estimate of drug-likeness (QED) is 0.792. The maximum atomic E-state index is 12.2. The fourth-order valence-electron chi connectivity index (χ4n) is 4.13. The molecule has 4 rings (SSSR count). The number of nitrogens with one attached hydrogen (secondary N) is 1. The predicted octanol–water partition coefficient (Wildman–Crippen LogP) is 2.37. The summed E-state index contributed by atoms with van der Waals surface area (Å²) in [5, 5.41) is 4.40. The summed E-state index contributed by atoms with van der Waals surface area (Å²) in [6, 6.07) is 5.84. The molecule has 0 aliphatic carbocycles. The first-order valence-electron chi connectivity index (χ1n) is 9.86. The van der Waals surface area contributed by atoms with E-state index in [0.29, 0.717) is 18.2 Å². The van der Waals surface area contributed by atoms with Crippen molar-refractivity contribution in [1.82, 2.24) is 10.3 Å². The Morgan fingerprint density at radius 3 is 2.89 bits per heavy atom. The Balaban J connectivity index is 1.68. The van der Waals surface area contributed by atoms with Gasteiger partial charge in [-0.25, -0.2) is 4.79 Å². The first-order chi connectivity index (χ1) is 13.7. The largest absolute Gasteiger partial charge is 0.497 e. The van der Waals surface area contributed by atoms with Crippen LogP contribution in [0, 0.1) is 5.92 Å². The minimum atomic E-state index is -0.643. The number of aromatic nitrogens is 1. The van der Waals surface area contributed by atoms with E-state index in [4.69, 9.17) is 14.2 Å². The van der Waals surface area contributed by atoms with Crippen LogP contribution in [0.1, 0.15) is 19.3 Å². The molecule has 1 unspecified atom stereocenters. The molecule has 0 spiro atoms. The number of benzene rings is 1. The van der Waals surface area contributed by atoms with Gasteiger partial charge >= 0.3 is 5.97 Å². The lowest BCUT2D eigenvalue weighted by Gasteiger charge is -2.36. The number of carbonyl (C=O) groups is 1. The number of carbonyl (C=O) groups excluding carboxylic acids is 1. The maximum absolute atomic E-state index is 12.2. The third kappa shape index (κ3) is 3.71. The van der Waals surface area contributed by atoms with Gasteiger partial charge in [0.2, 0.25) is 6.10 Å². The van der Waals surface area contributed by atoms with Gasteiger partial charge in [0.15, 0.2) is 5.75 Å². The van der Waals surface area contributed by atoms with Crippen LogP contribution in [0.15, 0.2) is 24.4 Å². The number of rotatable bonds is 5. The van der Waals surface area contributed by atoms with Gasteiger partial charge in [-0.15, -0.1) is 0 Å². The molecule has 2 aliphatic heterocycles. The molecule has 2 aromatic rings. The molecule has 1 aromatic carbocycles. The lowest BCUT2D eigenvalue weighted by molar-refractivity contribution is -0.148. The van der Waals surface area contributed by atoms with Gasteiger partial charge in [0, 0.05) is 11.9 Å². The van der Waals surface area contributed by atoms with Crippen LogP contribution in [0.5, 0.6) is 11.5 Å². The lowest BCUT2D eigenvalue weighted by Crippen LogP contribution is -2.46. The molecule has 1 N–H and O–H groups in total. The number of pyridine rings is 1. The number of esters is 1. The number of fused-ring (bicyclic) bond motifs is 3. The highest BCUT2D eigenvalue weighted by atomic mass is 16.6. The topological polar surface area (TPSA) is 72.9 Å². The van der Waals surface area contributed by atoms with Gasteiger partial charge in [-0.1, -0.05) is 0 Å². The molecular formula is C21H27N3O4. The Bertz CT molecular complexity index is 851. The molecule has 3 heterocycles. The van der Waals surface area contributed by atoms with E-state index in [0.717, 1.165) is 48.4 Å². The number of ether oxygens (including phenoxy) is 3. The molecule has 28 heavy (non-hydrogen) atoms. The van der Waals surface area contributed by atoms with E-state index in [1.165, 1.54) is 20.0 Å². The summed E-state index contributed by atoms with van der Waals surface area (Å²) in [5.74, 6) is 1.74. The zero-order valence-electron chi connectivity index (χ0n) is 16.4. The molecule has 1 saturated heterocycles. The highest BCUT2D eigenvalue weighted by Gasteiger charge is 2.33. The fraction of sp³-hybridized carbons (Fsp3) is 0.524. The molecule has 0 amide bonds. The second-order valence-corrected chi connectivity index (χ2v) is 7.41. The minimum absolute atomic E-state index is 0.358. The molecule has 7 nitrogen and oxygen atoms in total. The zero-order valence-corrected chi connectivity index (χ0v) is 16.4. The third-order valence-electron chi connectivity index (χ3n) is 5.71. The van der Waals surface area contributed by atoms with Crippen molar-refractivity contribution in [1.29, 1.82) is 0 Å². The van der Waals surface area contributed by atoms with Crippen LogP contribution < -0.4 is 19.7 Å². The average Bonchev–Trinajstić information content (AvgIpc) is 2.76. The van der Waals surface area contributed by atoms with E-state index in [1.807, 2.05) is 18.2 Å². The summed E-state index contributed by atoms with van der Waals surface area (Å²) in [5.41, 5.74) is 1.87. The Labute approximate surface area is 165 Å². The number of hydrogen-bond acceptors (Lipinski definition) is 7. The van der Waals surface area contributed by atoms with Gasteiger partial charge < -0.3 is 24.4 Å². The highest BCUT2D eigenvalue weighted by molar-refractivity contribution is 5.96. The zero-order chi connectivity index (χ0) is 19.5. The monoisotopic (exact) mass is 385 g/mol. The Kier molecular flexibility index (Phi) is 5.52. The lowest BCUT2D eigenvalue weighted by atomic mass is 9.94. The molecule has 0 radical (unpaired) electrons. The van der Waals surface area contributed by atoms with Crippen LogP contribution >= 0.6 is 0 Å². The van der Waals surface area contributed by atoms with Crippen LogP contribution in [0.25, 0.3) is 10.9 Å². The van der Waals surface area contributed by atoms with Gasteiger partial charge in [-0.05, 0) is 56.5 Å². The summed E-state index contributed by atoms with van der Waals surface area (Å²) in [6.45, 7) is 3.50. The molecule has 150 valence electrons. The van der Waals surface area contributed by atoms with Crippen LogP contribution in [0.4, 0.5) is 5.69 Å². The molecule has 1 aromatic heterocycles. The van der Waals surface area contributed by atoms with E-state index < -0.39 is 6.10 Å². The first-order valence-corrected chi connectivity index (χ1v) is 9.86. The van der Waals surface area contributed by atoms with Crippen LogP contribution in [-0.4, -0.2) is 57.5 Å². The second-order valence-electron chi connectivity index (χ2n) is 7.41. The third-order valence-corrected chi connectivity index (χ3v) is 5.71. The van der Waals surface area contributed by atoms with Gasteiger partial charge in [0.05, 0.1) is 38.2 Å². The van der Waals surface area contributed by atoms with Crippen molar-refractivity contribution in [3.63, 3.8) is 0 Å². The van der Waals surface area contributed by atoms with Gasteiger partial charge in [0.1, 0.15) is 5.75 Å². The number of hydrogen-bond donors (Lipinski definition) is 1. The normalized spacial score (nSPS) is 19.8. The highest BCUT2D eigenvalue weighted by Crippen LogP contribution is 2.40. The molecule has 2 aliphatic rings. The van der Waals surface area contributed by atoms with E-state index in [1.54, 1.807) is 13.3 Å². The molecule has 7 heteroatoms. The Morgan fingerprint density at radius 2 is 2.14 bits per heavy atom. The number of nitrogens with zero attached hydrogens (tertiary/aromatic N) is 2. The van der Waals surface area contributed by atoms with Crippen LogP contribution in [-0.2, 0) is 9.53 Å². The van der Waals surface area contributed by atoms with Crippen molar-refractivity contribution in [3.05, 3.63) is 24.4 Å². The molecule has 1 fully saturated rings. The van der Waals surface area contributed by atoms with Crippen molar-refractivity contribution in [2.45, 2.75) is 25.4 Å². The number of anilines is 1. The second kappa shape index (κ2) is 8.22. The van der Waals surface area contributed by atoms with E-state index in [-0.39, 0.29) is 5.97 Å². The van der Waals surface area contributed by atoms with Crippen LogP contribution in [0.2, 0.25) is 0 Å². The van der Waals surface area contributed by atoms with Gasteiger partial charge in [-0.3, -0.25) is 4.98 Å². The molecule has 1 atom stereocenters. The van der Waals surface area contributed by atoms with Crippen molar-refractivity contribution >= 4 is 22.6 Å². The summed E-state index contributed by atoms with van der Waals surface area (Å²) >= 11 is 0. The van der Waals surface area contributed by atoms with Crippen molar-refractivity contribution in [3.8, 4) is 11.5 Å². The number of piperidine rings is 1. The van der Waals surface area contributed by atoms with Crippen LogP contribution in [0.3, 0.4) is 0 Å². The maximum Gasteiger partial charge on any atom is 0.348 e. The van der Waals surface area contributed by atoms with Crippen molar-refractivity contribution in [2.75, 3.05) is 45.3 Å². The molecular weight excluding hydrogens is 358 g/mol. The summed E-state index contributed by atoms with van der Waals surface area (Å²) < 4.78 is 16.3. The minimum Gasteiger partial charge on any atom is -0.497 e. The first kappa shape index (κ1) is 18.8. The SMILES string of the molecule is COC(=O)C1CN(CCC2CCNCC2)c2c(cnc3ccc(OC)cc23)O1. The predicted molar refractivity (Wildman–Crippen MR) is 107 cm³/mol. The molecule has 0 saturated carbocycles.